The van der Waals surface area contributed by atoms with Crippen LogP contribution in [0.5, 0.6) is 0 Å². The number of fused-ring (bicyclic) bond motifs is 1. The molecule has 4 rings (SSSR count). The number of benzene rings is 2. The third-order valence-electron chi connectivity index (χ3n) is 6.19. The molecule has 0 atom stereocenters. The molecule has 0 radical (unpaired) electrons. The van der Waals surface area contributed by atoms with E-state index in [0.717, 1.165) is 27.3 Å². The van der Waals surface area contributed by atoms with E-state index in [0.29, 0.717) is 42.7 Å². The van der Waals surface area contributed by atoms with Crippen molar-refractivity contribution in [2.24, 2.45) is 0 Å². The molecule has 1 aliphatic heterocycles. The molecule has 0 aliphatic carbocycles. The van der Waals surface area contributed by atoms with Gasteiger partial charge in [-0.3, -0.25) is 14.6 Å². The van der Waals surface area contributed by atoms with E-state index < -0.39 is 5.97 Å². The van der Waals surface area contributed by atoms with Gasteiger partial charge in [0.05, 0.1) is 18.2 Å². The van der Waals surface area contributed by atoms with Crippen LogP contribution in [-0.4, -0.2) is 47.6 Å². The lowest BCUT2D eigenvalue weighted by Gasteiger charge is -2.30. The minimum absolute atomic E-state index is 0.120. The summed E-state index contributed by atoms with van der Waals surface area (Å²) in [7, 11) is 1.31. The maximum atomic E-state index is 13.2. The summed E-state index contributed by atoms with van der Waals surface area (Å²) in [5.41, 5.74) is 5.40. The van der Waals surface area contributed by atoms with Gasteiger partial charge in [-0.2, -0.15) is 0 Å². The fourth-order valence-corrected chi connectivity index (χ4v) is 4.90. The van der Waals surface area contributed by atoms with Gasteiger partial charge in [-0.15, -0.1) is 11.8 Å². The average Bonchev–Trinajstić information content (AvgIpc) is 2.91. The number of carbonyl (C=O) groups is 3. The highest BCUT2D eigenvalue weighted by Gasteiger charge is 2.25. The molecular formula is C27H27N3O4S. The molecule has 0 unspecified atom stereocenters. The zero-order valence-electron chi connectivity index (χ0n) is 20.0. The lowest BCUT2D eigenvalue weighted by Crippen LogP contribution is -2.37. The number of hydrogen-bond donors (Lipinski definition) is 1. The Morgan fingerprint density at radius 1 is 1.11 bits per heavy atom. The monoisotopic (exact) mass is 489 g/mol. The summed E-state index contributed by atoms with van der Waals surface area (Å²) >= 11 is 1.54. The van der Waals surface area contributed by atoms with Crippen LogP contribution >= 0.6 is 11.8 Å². The first kappa shape index (κ1) is 24.5. The van der Waals surface area contributed by atoms with E-state index in [1.807, 2.05) is 43.6 Å². The van der Waals surface area contributed by atoms with Gasteiger partial charge in [0.1, 0.15) is 0 Å². The Morgan fingerprint density at radius 2 is 1.89 bits per heavy atom. The zero-order chi connectivity index (χ0) is 24.9. The van der Waals surface area contributed by atoms with Gasteiger partial charge in [0.15, 0.2) is 0 Å². The van der Waals surface area contributed by atoms with Crippen LogP contribution in [0.25, 0.3) is 0 Å². The summed E-state index contributed by atoms with van der Waals surface area (Å²) in [6.45, 7) is 3.26. The average molecular weight is 490 g/mol. The number of aryl methyl sites for hydroxylation is 1. The lowest BCUT2D eigenvalue weighted by atomic mass is 9.94. The smallest absolute Gasteiger partial charge is 0.337 e. The normalized spacial score (nSPS) is 12.6. The summed E-state index contributed by atoms with van der Waals surface area (Å²) in [4.78, 5) is 45.1. The van der Waals surface area contributed by atoms with Crippen LogP contribution in [0.4, 0.5) is 0 Å². The summed E-state index contributed by atoms with van der Waals surface area (Å²) in [6.07, 6.45) is 4.42. The second kappa shape index (κ2) is 10.7. The lowest BCUT2D eigenvalue weighted by molar-refractivity contribution is 0.0600. The first-order chi connectivity index (χ1) is 16.9. The number of carbonyl (C=O) groups excluding carboxylic acids is 3. The maximum Gasteiger partial charge on any atom is 0.337 e. The molecule has 2 aromatic carbocycles. The van der Waals surface area contributed by atoms with Gasteiger partial charge in [0, 0.05) is 42.0 Å². The second-order valence-electron chi connectivity index (χ2n) is 8.26. The van der Waals surface area contributed by atoms with Gasteiger partial charge >= 0.3 is 5.97 Å². The first-order valence-corrected chi connectivity index (χ1v) is 12.5. The summed E-state index contributed by atoms with van der Waals surface area (Å²) < 4.78 is 4.76. The molecule has 0 bridgehead atoms. The number of aromatic nitrogens is 1. The fourth-order valence-electron chi connectivity index (χ4n) is 4.31. The van der Waals surface area contributed by atoms with Crippen LogP contribution in [0, 0.1) is 6.92 Å². The van der Waals surface area contributed by atoms with Crippen molar-refractivity contribution in [3.05, 3.63) is 93.8 Å². The van der Waals surface area contributed by atoms with E-state index in [1.165, 1.54) is 18.9 Å². The third kappa shape index (κ3) is 5.22. The minimum Gasteiger partial charge on any atom is -0.465 e. The molecule has 1 aliphatic rings. The molecule has 1 N–H and O–H groups in total. The largest absolute Gasteiger partial charge is 0.465 e. The van der Waals surface area contributed by atoms with Crippen LogP contribution in [0.2, 0.25) is 0 Å². The van der Waals surface area contributed by atoms with Crippen LogP contribution in [0.15, 0.2) is 59.6 Å². The molecule has 1 aromatic heterocycles. The SMILES string of the molecule is COC(=O)c1cccc(C(=O)N2CCc3c(cnc(C)c3CNC(=O)c3ccccc3SC)C2)c1. The fraction of sp³-hybridized carbons (Fsp3) is 0.259. The molecular weight excluding hydrogens is 462 g/mol. The van der Waals surface area contributed by atoms with Crippen LogP contribution in [0.3, 0.4) is 0 Å². The van der Waals surface area contributed by atoms with E-state index in [2.05, 4.69) is 10.3 Å². The number of hydrogen-bond acceptors (Lipinski definition) is 6. The highest BCUT2D eigenvalue weighted by molar-refractivity contribution is 7.98. The van der Waals surface area contributed by atoms with E-state index in [9.17, 15) is 14.4 Å². The number of amides is 2. The van der Waals surface area contributed by atoms with Crippen molar-refractivity contribution < 1.29 is 19.1 Å². The Labute approximate surface area is 208 Å². The predicted molar refractivity (Wildman–Crippen MR) is 135 cm³/mol. The number of methoxy groups -OCH3 is 1. The van der Waals surface area contributed by atoms with Gasteiger partial charge in [-0.1, -0.05) is 18.2 Å². The van der Waals surface area contributed by atoms with Crippen LogP contribution in [0.1, 0.15) is 53.5 Å². The highest BCUT2D eigenvalue weighted by atomic mass is 32.2. The molecule has 7 nitrogen and oxygen atoms in total. The van der Waals surface area contributed by atoms with Crippen LogP contribution in [-0.2, 0) is 24.2 Å². The summed E-state index contributed by atoms with van der Waals surface area (Å²) in [5.74, 6) is -0.745. The molecule has 35 heavy (non-hydrogen) atoms. The van der Waals surface area contributed by atoms with Gasteiger partial charge in [0.2, 0.25) is 0 Å². The zero-order valence-corrected chi connectivity index (χ0v) is 20.8. The third-order valence-corrected chi connectivity index (χ3v) is 6.99. The van der Waals surface area contributed by atoms with Gasteiger partial charge in [0.25, 0.3) is 11.8 Å². The Kier molecular flexibility index (Phi) is 7.51. The van der Waals surface area contributed by atoms with E-state index >= 15 is 0 Å². The molecule has 2 amide bonds. The number of pyridine rings is 1. The Hall–Kier alpha value is -3.65. The molecule has 0 saturated heterocycles. The maximum absolute atomic E-state index is 13.2. The van der Waals surface area contributed by atoms with E-state index in [4.69, 9.17) is 4.74 Å². The van der Waals surface area contributed by atoms with Crippen molar-refractivity contribution in [2.45, 2.75) is 31.3 Å². The second-order valence-corrected chi connectivity index (χ2v) is 9.11. The van der Waals surface area contributed by atoms with Crippen molar-refractivity contribution >= 4 is 29.5 Å². The Balaban J connectivity index is 1.50. The van der Waals surface area contributed by atoms with Crippen LogP contribution < -0.4 is 5.32 Å². The first-order valence-electron chi connectivity index (χ1n) is 11.3. The Bertz CT molecular complexity index is 1290. The molecule has 3 aromatic rings. The quantitative estimate of drug-likeness (QED) is 0.416. The van der Waals surface area contributed by atoms with Crippen molar-refractivity contribution in [2.75, 3.05) is 19.9 Å². The number of esters is 1. The topological polar surface area (TPSA) is 88.6 Å². The van der Waals surface area contributed by atoms with E-state index in [-0.39, 0.29) is 11.8 Å². The van der Waals surface area contributed by atoms with E-state index in [1.54, 1.807) is 29.2 Å². The molecule has 8 heteroatoms. The molecule has 0 fully saturated rings. The van der Waals surface area contributed by atoms with Crippen molar-refractivity contribution in [3.8, 4) is 0 Å². The van der Waals surface area contributed by atoms with Gasteiger partial charge in [-0.25, -0.2) is 4.79 Å². The Morgan fingerprint density at radius 3 is 2.66 bits per heavy atom. The standard InChI is InChI=1S/C27H27N3O4S/c1-17-23(15-29-25(31)22-9-4-5-10-24(22)35-3)21-11-12-30(16-20(21)14-28-17)26(32)18-7-6-8-19(13-18)27(33)34-2/h4-10,13-14H,11-12,15-16H2,1-3H3,(H,29,31). The van der Waals surface area contributed by atoms with Crippen molar-refractivity contribution in [1.82, 2.24) is 15.2 Å². The number of ether oxygens (including phenoxy) is 1. The summed E-state index contributed by atoms with van der Waals surface area (Å²) in [6, 6.07) is 14.1. The molecule has 0 saturated carbocycles. The van der Waals surface area contributed by atoms with Gasteiger partial charge in [-0.05, 0) is 66.6 Å². The molecule has 180 valence electrons. The number of rotatable bonds is 6. The highest BCUT2D eigenvalue weighted by Crippen LogP contribution is 2.26. The number of thioether (sulfide) groups is 1. The van der Waals surface area contributed by atoms with Crippen molar-refractivity contribution in [3.63, 3.8) is 0 Å². The molecule has 0 spiro atoms. The molecule has 2 heterocycles. The number of nitrogens with zero attached hydrogens (tertiary/aromatic N) is 2. The summed E-state index contributed by atoms with van der Waals surface area (Å²) in [5, 5.41) is 3.05. The van der Waals surface area contributed by atoms with Crippen molar-refractivity contribution in [1.29, 1.82) is 0 Å². The minimum atomic E-state index is -0.477. The number of nitrogens with one attached hydrogen (secondary N) is 1. The van der Waals surface area contributed by atoms with Gasteiger partial charge < -0.3 is 15.0 Å². The predicted octanol–water partition coefficient (Wildman–Crippen LogP) is 4.03.